The van der Waals surface area contributed by atoms with Crippen molar-refractivity contribution >= 4 is 40.8 Å². The summed E-state index contributed by atoms with van der Waals surface area (Å²) in [5, 5.41) is 4.77. The van der Waals surface area contributed by atoms with Gasteiger partial charge in [0, 0.05) is 23.0 Å². The van der Waals surface area contributed by atoms with Crippen molar-refractivity contribution in [3.63, 3.8) is 0 Å². The van der Waals surface area contributed by atoms with Gasteiger partial charge in [0.15, 0.2) is 0 Å². The molecular formula is C18H14Cl3N3. The number of benzene rings is 2. The lowest BCUT2D eigenvalue weighted by Gasteiger charge is -2.09. The predicted molar refractivity (Wildman–Crippen MR) is 100 cm³/mol. The lowest BCUT2D eigenvalue weighted by atomic mass is 10.1. The topological polar surface area (TPSA) is 37.8 Å². The van der Waals surface area contributed by atoms with E-state index in [-0.39, 0.29) is 0 Å². The highest BCUT2D eigenvalue weighted by Gasteiger charge is 2.10. The van der Waals surface area contributed by atoms with E-state index < -0.39 is 0 Å². The van der Waals surface area contributed by atoms with Crippen molar-refractivity contribution in [1.29, 1.82) is 0 Å². The van der Waals surface area contributed by atoms with Gasteiger partial charge in [0.25, 0.3) is 0 Å². The molecule has 1 heterocycles. The number of aromatic nitrogens is 2. The van der Waals surface area contributed by atoms with Gasteiger partial charge >= 0.3 is 0 Å². The second-order valence-electron chi connectivity index (χ2n) is 5.22. The van der Waals surface area contributed by atoms with Gasteiger partial charge in [0.05, 0.1) is 5.69 Å². The lowest BCUT2D eigenvalue weighted by Crippen LogP contribution is -2.06. The molecule has 3 nitrogen and oxygen atoms in total. The largest absolute Gasteiger partial charge is 0.350 e. The fraction of sp³-hybridized carbons (Fsp3) is 0.111. The number of nitrogens with one attached hydrogen (secondary N) is 1. The third kappa shape index (κ3) is 4.38. The molecule has 6 heteroatoms. The van der Waals surface area contributed by atoms with Crippen molar-refractivity contribution < 1.29 is 0 Å². The van der Waals surface area contributed by atoms with Crippen LogP contribution >= 0.6 is 34.8 Å². The highest BCUT2D eigenvalue weighted by atomic mass is 35.5. The van der Waals surface area contributed by atoms with Crippen LogP contribution in [0.15, 0.2) is 54.6 Å². The van der Waals surface area contributed by atoms with Gasteiger partial charge < -0.3 is 5.32 Å². The van der Waals surface area contributed by atoms with Crippen molar-refractivity contribution in [2.24, 2.45) is 0 Å². The summed E-state index contributed by atoms with van der Waals surface area (Å²) in [4.78, 5) is 8.71. The number of nitrogens with zero attached hydrogens (tertiary/aromatic N) is 2. The number of hydrogen-bond donors (Lipinski definition) is 1. The van der Waals surface area contributed by atoms with E-state index in [1.807, 2.05) is 36.4 Å². The summed E-state index contributed by atoms with van der Waals surface area (Å²) in [6.07, 6.45) is 0.487. The highest BCUT2D eigenvalue weighted by molar-refractivity contribution is 6.36. The van der Waals surface area contributed by atoms with Crippen molar-refractivity contribution in [2.45, 2.75) is 13.0 Å². The average Bonchev–Trinajstić information content (AvgIpc) is 2.57. The van der Waals surface area contributed by atoms with Crippen molar-refractivity contribution in [1.82, 2.24) is 9.97 Å². The molecule has 1 N–H and O–H groups in total. The number of anilines is 1. The quantitative estimate of drug-likeness (QED) is 0.584. The van der Waals surface area contributed by atoms with E-state index in [4.69, 9.17) is 34.8 Å². The zero-order valence-electron chi connectivity index (χ0n) is 12.6. The molecule has 0 radical (unpaired) electrons. The molecule has 24 heavy (non-hydrogen) atoms. The summed E-state index contributed by atoms with van der Waals surface area (Å²) in [5.74, 6) is 0.476. The van der Waals surface area contributed by atoms with Crippen LogP contribution in [0.25, 0.3) is 0 Å². The Morgan fingerprint density at radius 2 is 1.54 bits per heavy atom. The summed E-state index contributed by atoms with van der Waals surface area (Å²) in [5.41, 5.74) is 2.71. The Hall–Kier alpha value is -1.81. The zero-order chi connectivity index (χ0) is 16.9. The molecule has 3 rings (SSSR count). The Morgan fingerprint density at radius 3 is 2.25 bits per heavy atom. The fourth-order valence-electron chi connectivity index (χ4n) is 2.29. The third-order valence-corrected chi connectivity index (χ3v) is 4.36. The van der Waals surface area contributed by atoms with Gasteiger partial charge in [0.2, 0.25) is 5.95 Å². The fourth-order valence-corrected chi connectivity index (χ4v) is 3.03. The molecule has 0 saturated carbocycles. The van der Waals surface area contributed by atoms with Gasteiger partial charge in [-0.05, 0) is 29.3 Å². The average molecular weight is 379 g/mol. The van der Waals surface area contributed by atoms with E-state index in [0.717, 1.165) is 16.8 Å². The van der Waals surface area contributed by atoms with Crippen LogP contribution in [0, 0.1) is 0 Å². The Morgan fingerprint density at radius 1 is 0.833 bits per heavy atom. The molecule has 122 valence electrons. The minimum atomic E-state index is 0.374. The van der Waals surface area contributed by atoms with E-state index >= 15 is 0 Å². The monoisotopic (exact) mass is 377 g/mol. The summed E-state index contributed by atoms with van der Waals surface area (Å²) in [6, 6.07) is 17.2. The molecule has 0 atom stereocenters. The molecule has 0 fully saturated rings. The number of hydrogen-bond acceptors (Lipinski definition) is 3. The third-order valence-electron chi connectivity index (χ3n) is 3.46. The maximum Gasteiger partial charge on any atom is 0.224 e. The molecule has 0 bridgehead atoms. The van der Waals surface area contributed by atoms with Gasteiger partial charge in [0.1, 0.15) is 5.15 Å². The van der Waals surface area contributed by atoms with Gasteiger partial charge in [-0.25, -0.2) is 9.97 Å². The molecule has 0 aliphatic rings. The minimum Gasteiger partial charge on any atom is -0.350 e. The van der Waals surface area contributed by atoms with Crippen LogP contribution < -0.4 is 5.32 Å². The van der Waals surface area contributed by atoms with E-state index in [2.05, 4.69) is 15.3 Å². The molecule has 0 spiro atoms. The van der Waals surface area contributed by atoms with Crippen LogP contribution in [-0.2, 0) is 13.0 Å². The van der Waals surface area contributed by atoms with Crippen LogP contribution in [0.5, 0.6) is 0 Å². The second-order valence-corrected chi connectivity index (χ2v) is 6.42. The summed E-state index contributed by atoms with van der Waals surface area (Å²) < 4.78 is 0. The summed E-state index contributed by atoms with van der Waals surface area (Å²) >= 11 is 18.6. The standard InChI is InChI=1S/C18H14Cl3N3/c19-15-7-4-8-16(20)14(15)9-13-10-17(21)24-18(23-13)22-11-12-5-2-1-3-6-12/h1-8,10H,9,11H2,(H,22,23,24). The summed E-state index contributed by atoms with van der Waals surface area (Å²) in [7, 11) is 0. The lowest BCUT2D eigenvalue weighted by molar-refractivity contribution is 0.994. The smallest absolute Gasteiger partial charge is 0.224 e. The van der Waals surface area contributed by atoms with E-state index in [1.165, 1.54) is 0 Å². The van der Waals surface area contributed by atoms with Crippen LogP contribution in [0.2, 0.25) is 15.2 Å². The first-order chi connectivity index (χ1) is 11.6. The van der Waals surface area contributed by atoms with Crippen molar-refractivity contribution in [2.75, 3.05) is 5.32 Å². The van der Waals surface area contributed by atoms with E-state index in [9.17, 15) is 0 Å². The zero-order valence-corrected chi connectivity index (χ0v) is 14.9. The number of halogens is 3. The van der Waals surface area contributed by atoms with Gasteiger partial charge in [-0.15, -0.1) is 0 Å². The first kappa shape index (κ1) is 17.0. The predicted octanol–water partition coefficient (Wildman–Crippen LogP) is 5.64. The molecule has 0 amide bonds. The van der Waals surface area contributed by atoms with E-state index in [0.29, 0.717) is 34.1 Å². The Balaban J connectivity index is 1.79. The van der Waals surface area contributed by atoms with Crippen LogP contribution in [0.4, 0.5) is 5.95 Å². The Bertz CT molecular complexity index is 818. The molecule has 2 aromatic carbocycles. The molecule has 1 aromatic heterocycles. The van der Waals surface area contributed by atoms with Crippen molar-refractivity contribution in [3.05, 3.63) is 86.6 Å². The highest BCUT2D eigenvalue weighted by Crippen LogP contribution is 2.27. The Labute approximate surface area is 155 Å². The first-order valence-corrected chi connectivity index (χ1v) is 8.49. The summed E-state index contributed by atoms with van der Waals surface area (Å²) in [6.45, 7) is 0.619. The van der Waals surface area contributed by atoms with Gasteiger partial charge in [-0.3, -0.25) is 0 Å². The van der Waals surface area contributed by atoms with Crippen LogP contribution in [0.3, 0.4) is 0 Å². The maximum atomic E-state index is 6.22. The van der Waals surface area contributed by atoms with Crippen LogP contribution in [-0.4, -0.2) is 9.97 Å². The normalized spacial score (nSPS) is 10.6. The number of rotatable bonds is 5. The molecule has 0 saturated heterocycles. The Kier molecular flexibility index (Phi) is 5.56. The second kappa shape index (κ2) is 7.84. The molecular weight excluding hydrogens is 365 g/mol. The van der Waals surface area contributed by atoms with Crippen LogP contribution in [0.1, 0.15) is 16.8 Å². The molecule has 0 unspecified atom stereocenters. The van der Waals surface area contributed by atoms with Crippen molar-refractivity contribution in [3.8, 4) is 0 Å². The molecule has 3 aromatic rings. The SMILES string of the molecule is Clc1cc(Cc2c(Cl)cccc2Cl)nc(NCc2ccccc2)n1. The van der Waals surface area contributed by atoms with Gasteiger partial charge in [-0.2, -0.15) is 0 Å². The minimum absolute atomic E-state index is 0.374. The van der Waals surface area contributed by atoms with Gasteiger partial charge in [-0.1, -0.05) is 71.2 Å². The first-order valence-electron chi connectivity index (χ1n) is 7.36. The van der Waals surface area contributed by atoms with E-state index in [1.54, 1.807) is 18.2 Å². The molecule has 0 aliphatic heterocycles. The maximum absolute atomic E-state index is 6.22. The molecule has 0 aliphatic carbocycles.